The molecule has 2 N–H and O–H groups in total. The van der Waals surface area contributed by atoms with Crippen molar-refractivity contribution in [2.75, 3.05) is 6.54 Å². The van der Waals surface area contributed by atoms with E-state index in [1.807, 2.05) is 13.8 Å². The van der Waals surface area contributed by atoms with Gasteiger partial charge in [-0.2, -0.15) is 0 Å². The molecule has 0 aromatic heterocycles. The Kier molecular flexibility index (Phi) is 9.41. The zero-order valence-electron chi connectivity index (χ0n) is 12.6. The molecule has 0 bridgehead atoms. The van der Waals surface area contributed by atoms with Gasteiger partial charge in [0.15, 0.2) is 0 Å². The lowest BCUT2D eigenvalue weighted by Gasteiger charge is -2.26. The normalized spacial score (nSPS) is 10.4. The molecule has 0 unspecified atom stereocenters. The maximum absolute atomic E-state index is 12.0. The number of rotatable bonds is 9. The molecule has 6 nitrogen and oxygen atoms in total. The Hall–Kier alpha value is -1.59. The zero-order valence-corrected chi connectivity index (χ0v) is 12.6. The highest BCUT2D eigenvalue weighted by Crippen LogP contribution is 2.04. The Morgan fingerprint density at radius 2 is 1.75 bits per heavy atom. The smallest absolute Gasteiger partial charge is 0.324 e. The molecule has 0 saturated heterocycles. The van der Waals surface area contributed by atoms with Crippen LogP contribution in [0.25, 0.3) is 0 Å². The van der Waals surface area contributed by atoms with Crippen LogP contribution >= 0.6 is 0 Å². The van der Waals surface area contributed by atoms with Crippen molar-refractivity contribution in [1.29, 1.82) is 0 Å². The molecular weight excluding hydrogens is 260 g/mol. The quantitative estimate of drug-likeness (QED) is 0.637. The molecular formula is C14H26N2O4. The van der Waals surface area contributed by atoms with Crippen LogP contribution in [0.2, 0.25) is 0 Å². The van der Waals surface area contributed by atoms with Crippen LogP contribution in [0.3, 0.4) is 0 Å². The summed E-state index contributed by atoms with van der Waals surface area (Å²) in [5, 5.41) is 10.8. The van der Waals surface area contributed by atoms with E-state index in [4.69, 9.17) is 5.11 Å². The average Bonchev–Trinajstić information content (AvgIpc) is 2.33. The van der Waals surface area contributed by atoms with Gasteiger partial charge in [-0.3, -0.25) is 14.9 Å². The minimum absolute atomic E-state index is 0.0266. The van der Waals surface area contributed by atoms with E-state index >= 15 is 0 Å². The third kappa shape index (κ3) is 8.50. The number of nitrogens with zero attached hydrogens (tertiary/aromatic N) is 1. The fourth-order valence-electron chi connectivity index (χ4n) is 1.78. The summed E-state index contributed by atoms with van der Waals surface area (Å²) in [6, 6.07) is -0.366. The monoisotopic (exact) mass is 286 g/mol. The number of carboxylic acid groups (broad SMARTS) is 1. The van der Waals surface area contributed by atoms with Crippen molar-refractivity contribution in [1.82, 2.24) is 10.2 Å². The van der Waals surface area contributed by atoms with Crippen LogP contribution in [0, 0.1) is 0 Å². The van der Waals surface area contributed by atoms with Crippen LogP contribution in [0.5, 0.6) is 0 Å². The molecule has 116 valence electrons. The minimum Gasteiger partial charge on any atom is -0.481 e. The Labute approximate surface area is 120 Å². The SMILES string of the molecule is CCCCCN(C(=O)NC(=O)CCCC(=O)O)C(C)C. The highest BCUT2D eigenvalue weighted by Gasteiger charge is 2.18. The number of nitrogens with one attached hydrogen (secondary N) is 1. The molecule has 0 spiro atoms. The first-order chi connectivity index (χ1) is 9.38. The fourth-order valence-corrected chi connectivity index (χ4v) is 1.78. The summed E-state index contributed by atoms with van der Waals surface area (Å²) in [5.74, 6) is -1.36. The zero-order chi connectivity index (χ0) is 15.5. The lowest BCUT2D eigenvalue weighted by atomic mass is 10.2. The van der Waals surface area contributed by atoms with Gasteiger partial charge in [-0.25, -0.2) is 4.79 Å². The first kappa shape index (κ1) is 18.4. The number of carbonyl (C=O) groups is 3. The Bertz CT molecular complexity index is 329. The van der Waals surface area contributed by atoms with Crippen LogP contribution < -0.4 is 5.32 Å². The van der Waals surface area contributed by atoms with Gasteiger partial charge in [-0.05, 0) is 26.7 Å². The second kappa shape index (κ2) is 10.2. The molecule has 0 aliphatic rings. The number of aliphatic carboxylic acids is 1. The van der Waals surface area contributed by atoms with Crippen molar-refractivity contribution < 1.29 is 19.5 Å². The third-order valence-corrected chi connectivity index (χ3v) is 2.93. The fraction of sp³-hybridized carbons (Fsp3) is 0.786. The number of imide groups is 1. The summed E-state index contributed by atoms with van der Waals surface area (Å²) in [6.45, 7) is 6.52. The van der Waals surface area contributed by atoms with Gasteiger partial charge >= 0.3 is 12.0 Å². The molecule has 20 heavy (non-hydrogen) atoms. The van der Waals surface area contributed by atoms with E-state index in [1.54, 1.807) is 4.90 Å². The Balaban J connectivity index is 4.17. The van der Waals surface area contributed by atoms with E-state index in [-0.39, 0.29) is 25.3 Å². The van der Waals surface area contributed by atoms with E-state index < -0.39 is 17.9 Å². The van der Waals surface area contributed by atoms with Crippen LogP contribution in [-0.2, 0) is 9.59 Å². The molecule has 0 fully saturated rings. The molecule has 3 amide bonds. The Morgan fingerprint density at radius 3 is 2.25 bits per heavy atom. The van der Waals surface area contributed by atoms with Gasteiger partial charge in [-0.15, -0.1) is 0 Å². The molecule has 6 heteroatoms. The number of urea groups is 1. The summed E-state index contributed by atoms with van der Waals surface area (Å²) in [7, 11) is 0. The van der Waals surface area contributed by atoms with Crippen molar-refractivity contribution in [2.45, 2.75) is 65.3 Å². The molecule has 0 atom stereocenters. The van der Waals surface area contributed by atoms with Gasteiger partial charge in [0.1, 0.15) is 0 Å². The highest BCUT2D eigenvalue weighted by molar-refractivity contribution is 5.94. The number of carboxylic acids is 1. The highest BCUT2D eigenvalue weighted by atomic mass is 16.4. The van der Waals surface area contributed by atoms with E-state index in [0.717, 1.165) is 19.3 Å². The molecule has 0 saturated carbocycles. The first-order valence-electron chi connectivity index (χ1n) is 7.20. The van der Waals surface area contributed by atoms with Gasteiger partial charge in [0, 0.05) is 25.4 Å². The third-order valence-electron chi connectivity index (χ3n) is 2.93. The predicted molar refractivity (Wildman–Crippen MR) is 76.4 cm³/mol. The topological polar surface area (TPSA) is 86.7 Å². The van der Waals surface area contributed by atoms with Crippen molar-refractivity contribution in [3.8, 4) is 0 Å². The standard InChI is InChI=1S/C14H26N2O4/c1-4-5-6-10-16(11(2)3)14(20)15-12(17)8-7-9-13(18)19/h11H,4-10H2,1-3H3,(H,18,19)(H,15,17,20). The maximum Gasteiger partial charge on any atom is 0.324 e. The van der Waals surface area contributed by atoms with Gasteiger partial charge in [0.05, 0.1) is 0 Å². The minimum atomic E-state index is -0.938. The summed E-state index contributed by atoms with van der Waals surface area (Å²) in [6.07, 6.45) is 3.26. The largest absolute Gasteiger partial charge is 0.481 e. The molecule has 0 aromatic rings. The van der Waals surface area contributed by atoms with Crippen molar-refractivity contribution in [3.05, 3.63) is 0 Å². The predicted octanol–water partition coefficient (Wildman–Crippen LogP) is 2.38. The molecule has 0 radical (unpaired) electrons. The maximum atomic E-state index is 12.0. The first-order valence-corrected chi connectivity index (χ1v) is 7.20. The summed E-state index contributed by atoms with van der Waals surface area (Å²) in [5.41, 5.74) is 0. The number of hydrogen-bond donors (Lipinski definition) is 2. The van der Waals surface area contributed by atoms with Crippen LogP contribution in [0.4, 0.5) is 4.79 Å². The Morgan fingerprint density at radius 1 is 1.10 bits per heavy atom. The average molecular weight is 286 g/mol. The second-order valence-corrected chi connectivity index (χ2v) is 5.09. The summed E-state index contributed by atoms with van der Waals surface area (Å²) in [4.78, 5) is 35.5. The number of unbranched alkanes of at least 4 members (excludes halogenated alkanes) is 2. The van der Waals surface area contributed by atoms with Gasteiger partial charge in [0.2, 0.25) is 5.91 Å². The molecule has 0 rings (SSSR count). The summed E-state index contributed by atoms with van der Waals surface area (Å²) < 4.78 is 0. The van der Waals surface area contributed by atoms with Crippen molar-refractivity contribution in [3.63, 3.8) is 0 Å². The van der Waals surface area contributed by atoms with Crippen LogP contribution in [0.15, 0.2) is 0 Å². The summed E-state index contributed by atoms with van der Waals surface area (Å²) >= 11 is 0. The number of carbonyl (C=O) groups excluding carboxylic acids is 2. The van der Waals surface area contributed by atoms with Crippen molar-refractivity contribution in [2.24, 2.45) is 0 Å². The number of hydrogen-bond acceptors (Lipinski definition) is 3. The van der Waals surface area contributed by atoms with Crippen LogP contribution in [0.1, 0.15) is 59.3 Å². The lowest BCUT2D eigenvalue weighted by molar-refractivity contribution is -0.137. The molecule has 0 aliphatic carbocycles. The van der Waals surface area contributed by atoms with Gasteiger partial charge in [0.25, 0.3) is 0 Å². The van der Waals surface area contributed by atoms with E-state index in [1.165, 1.54) is 0 Å². The second-order valence-electron chi connectivity index (χ2n) is 5.09. The van der Waals surface area contributed by atoms with E-state index in [9.17, 15) is 14.4 Å². The lowest BCUT2D eigenvalue weighted by Crippen LogP contribution is -2.46. The van der Waals surface area contributed by atoms with Crippen LogP contribution in [-0.4, -0.2) is 40.5 Å². The number of amides is 3. The molecule has 0 aromatic carbocycles. The van der Waals surface area contributed by atoms with E-state index in [0.29, 0.717) is 6.54 Å². The van der Waals surface area contributed by atoms with Gasteiger partial charge in [-0.1, -0.05) is 19.8 Å². The molecule has 0 aliphatic heterocycles. The van der Waals surface area contributed by atoms with Gasteiger partial charge < -0.3 is 10.0 Å². The molecule has 0 heterocycles. The van der Waals surface area contributed by atoms with Crippen molar-refractivity contribution >= 4 is 17.9 Å². The van der Waals surface area contributed by atoms with E-state index in [2.05, 4.69) is 12.2 Å².